The second-order valence-electron chi connectivity index (χ2n) is 6.06. The maximum atomic E-state index is 6.26. The molecule has 1 N–H and O–H groups in total. The third-order valence-corrected chi connectivity index (χ3v) is 4.40. The summed E-state index contributed by atoms with van der Waals surface area (Å²) in [6.07, 6.45) is 0.157. The molecule has 0 aromatic heterocycles. The third kappa shape index (κ3) is 4.21. The van der Waals surface area contributed by atoms with E-state index in [4.69, 9.17) is 4.74 Å². The highest BCUT2D eigenvalue weighted by Gasteiger charge is 2.17. The Bertz CT molecular complexity index is 595. The zero-order valence-corrected chi connectivity index (χ0v) is 14.8. The molecule has 0 amide bonds. The molecule has 0 aliphatic heterocycles. The number of hydrogen-bond donors (Lipinski definition) is 1. The molecule has 2 rings (SSSR count). The van der Waals surface area contributed by atoms with Gasteiger partial charge in [-0.2, -0.15) is 0 Å². The molecular formula is C18H24BrNO. The molecule has 0 fully saturated rings. The fourth-order valence-corrected chi connectivity index (χ4v) is 2.82. The first-order valence-corrected chi connectivity index (χ1v) is 8.35. The number of benzene rings is 2. The average molecular weight is 350 g/mol. The molecule has 2 nitrogen and oxygen atoms in total. The van der Waals surface area contributed by atoms with Crippen molar-refractivity contribution < 1.29 is 4.74 Å². The average Bonchev–Trinajstić information content (AvgIpc) is 2.45. The van der Waals surface area contributed by atoms with E-state index in [1.165, 1.54) is 10.8 Å². The van der Waals surface area contributed by atoms with Gasteiger partial charge in [0.1, 0.15) is 11.9 Å². The Balaban J connectivity index is 2.22. The Labute approximate surface area is 136 Å². The van der Waals surface area contributed by atoms with Gasteiger partial charge in [-0.3, -0.25) is 0 Å². The van der Waals surface area contributed by atoms with Crippen LogP contribution in [0.25, 0.3) is 10.8 Å². The van der Waals surface area contributed by atoms with Crippen LogP contribution in [0.3, 0.4) is 0 Å². The summed E-state index contributed by atoms with van der Waals surface area (Å²) in [5.74, 6) is 1.37. The van der Waals surface area contributed by atoms with Crippen LogP contribution in [0, 0.1) is 5.92 Å². The lowest BCUT2D eigenvalue weighted by Crippen LogP contribution is -2.38. The first kappa shape index (κ1) is 16.3. The lowest BCUT2D eigenvalue weighted by molar-refractivity contribution is 0.145. The molecule has 0 aliphatic carbocycles. The molecule has 0 aliphatic rings. The van der Waals surface area contributed by atoms with Crippen LogP contribution in [-0.2, 0) is 0 Å². The first-order valence-electron chi connectivity index (χ1n) is 7.56. The standard InChI is InChI=1S/C18H24BrNO/c1-12(2)17(11-20-13(3)4)21-16-10-9-14-7-5-6-8-15(14)18(16)19/h5-10,12-13,17,20H,11H2,1-4H3. The van der Waals surface area contributed by atoms with E-state index < -0.39 is 0 Å². The minimum atomic E-state index is 0.157. The molecule has 0 spiro atoms. The summed E-state index contributed by atoms with van der Waals surface area (Å²) in [5.41, 5.74) is 0. The Morgan fingerprint density at radius 1 is 1.05 bits per heavy atom. The van der Waals surface area contributed by atoms with Gasteiger partial charge < -0.3 is 10.1 Å². The van der Waals surface area contributed by atoms with Crippen molar-refractivity contribution in [2.45, 2.75) is 39.8 Å². The van der Waals surface area contributed by atoms with Gasteiger partial charge >= 0.3 is 0 Å². The number of nitrogens with one attached hydrogen (secondary N) is 1. The van der Waals surface area contributed by atoms with E-state index in [0.29, 0.717) is 12.0 Å². The Kier molecular flexibility index (Phi) is 5.65. The van der Waals surface area contributed by atoms with Gasteiger partial charge in [0.05, 0.1) is 4.47 Å². The quantitative estimate of drug-likeness (QED) is 0.791. The van der Waals surface area contributed by atoms with Gasteiger partial charge in [0, 0.05) is 12.6 Å². The van der Waals surface area contributed by atoms with E-state index in [2.05, 4.69) is 85.3 Å². The first-order chi connectivity index (χ1) is 9.99. The molecule has 0 bridgehead atoms. The fourth-order valence-electron chi connectivity index (χ4n) is 2.23. The maximum Gasteiger partial charge on any atom is 0.134 e. The molecular weight excluding hydrogens is 326 g/mol. The molecule has 0 saturated heterocycles. The number of hydrogen-bond acceptors (Lipinski definition) is 2. The normalized spacial score (nSPS) is 13.1. The highest BCUT2D eigenvalue weighted by atomic mass is 79.9. The fraction of sp³-hybridized carbons (Fsp3) is 0.444. The lowest BCUT2D eigenvalue weighted by atomic mass is 10.1. The molecule has 2 aromatic rings. The second kappa shape index (κ2) is 7.28. The SMILES string of the molecule is CC(C)NCC(Oc1ccc2ccccc2c1Br)C(C)C. The molecule has 2 aromatic carbocycles. The van der Waals surface area contributed by atoms with Gasteiger partial charge in [-0.15, -0.1) is 0 Å². The minimum Gasteiger partial charge on any atom is -0.488 e. The van der Waals surface area contributed by atoms with Crippen LogP contribution >= 0.6 is 15.9 Å². The van der Waals surface area contributed by atoms with Gasteiger partial charge in [0.15, 0.2) is 0 Å². The van der Waals surface area contributed by atoms with Crippen molar-refractivity contribution in [2.75, 3.05) is 6.54 Å². The summed E-state index contributed by atoms with van der Waals surface area (Å²) in [7, 11) is 0. The summed E-state index contributed by atoms with van der Waals surface area (Å²) in [4.78, 5) is 0. The Morgan fingerprint density at radius 3 is 2.43 bits per heavy atom. The molecule has 21 heavy (non-hydrogen) atoms. The zero-order chi connectivity index (χ0) is 15.4. The monoisotopic (exact) mass is 349 g/mol. The molecule has 0 radical (unpaired) electrons. The van der Waals surface area contributed by atoms with Gasteiger partial charge in [-0.1, -0.05) is 58.0 Å². The van der Waals surface area contributed by atoms with Crippen LogP contribution < -0.4 is 10.1 Å². The highest BCUT2D eigenvalue weighted by molar-refractivity contribution is 9.10. The van der Waals surface area contributed by atoms with E-state index in [0.717, 1.165) is 16.8 Å². The lowest BCUT2D eigenvalue weighted by Gasteiger charge is -2.25. The van der Waals surface area contributed by atoms with Gasteiger partial charge in [0.25, 0.3) is 0 Å². The van der Waals surface area contributed by atoms with Crippen LogP contribution in [0.5, 0.6) is 5.75 Å². The van der Waals surface area contributed by atoms with Crippen molar-refractivity contribution >= 4 is 26.7 Å². The third-order valence-electron chi connectivity index (χ3n) is 3.58. The summed E-state index contributed by atoms with van der Waals surface area (Å²) >= 11 is 3.69. The molecule has 0 heterocycles. The smallest absolute Gasteiger partial charge is 0.134 e. The summed E-state index contributed by atoms with van der Waals surface area (Å²) < 4.78 is 7.29. The van der Waals surface area contributed by atoms with Crippen LogP contribution in [0.4, 0.5) is 0 Å². The number of fused-ring (bicyclic) bond motifs is 1. The number of rotatable bonds is 6. The molecule has 0 saturated carbocycles. The van der Waals surface area contributed by atoms with Gasteiger partial charge in [-0.05, 0) is 38.7 Å². The molecule has 3 heteroatoms. The zero-order valence-electron chi connectivity index (χ0n) is 13.2. The van der Waals surface area contributed by atoms with Crippen molar-refractivity contribution in [1.82, 2.24) is 5.32 Å². The van der Waals surface area contributed by atoms with E-state index in [1.807, 2.05) is 0 Å². The van der Waals surface area contributed by atoms with Crippen molar-refractivity contribution in [3.05, 3.63) is 40.9 Å². The van der Waals surface area contributed by atoms with Crippen LogP contribution in [0.1, 0.15) is 27.7 Å². The van der Waals surface area contributed by atoms with Gasteiger partial charge in [0.2, 0.25) is 0 Å². The number of ether oxygens (including phenoxy) is 1. The number of halogens is 1. The van der Waals surface area contributed by atoms with E-state index >= 15 is 0 Å². The largest absolute Gasteiger partial charge is 0.488 e. The predicted octanol–water partition coefficient (Wildman–Crippen LogP) is 5.00. The molecule has 114 valence electrons. The summed E-state index contributed by atoms with van der Waals surface area (Å²) in [6, 6.07) is 13.0. The van der Waals surface area contributed by atoms with Crippen molar-refractivity contribution in [1.29, 1.82) is 0 Å². The van der Waals surface area contributed by atoms with Crippen LogP contribution in [-0.4, -0.2) is 18.7 Å². The topological polar surface area (TPSA) is 21.3 Å². The van der Waals surface area contributed by atoms with Crippen molar-refractivity contribution in [2.24, 2.45) is 5.92 Å². The van der Waals surface area contributed by atoms with Crippen molar-refractivity contribution in [3.63, 3.8) is 0 Å². The van der Waals surface area contributed by atoms with Crippen LogP contribution in [0.2, 0.25) is 0 Å². The summed E-state index contributed by atoms with van der Waals surface area (Å²) in [5, 5.41) is 5.87. The second-order valence-corrected chi connectivity index (χ2v) is 6.86. The maximum absolute atomic E-state index is 6.26. The van der Waals surface area contributed by atoms with E-state index in [-0.39, 0.29) is 6.10 Å². The predicted molar refractivity (Wildman–Crippen MR) is 94.0 cm³/mol. The van der Waals surface area contributed by atoms with Gasteiger partial charge in [-0.25, -0.2) is 0 Å². The van der Waals surface area contributed by atoms with Crippen molar-refractivity contribution in [3.8, 4) is 5.75 Å². The van der Waals surface area contributed by atoms with Crippen LogP contribution in [0.15, 0.2) is 40.9 Å². The molecule has 1 atom stereocenters. The van der Waals surface area contributed by atoms with E-state index in [9.17, 15) is 0 Å². The minimum absolute atomic E-state index is 0.157. The summed E-state index contributed by atoms with van der Waals surface area (Å²) in [6.45, 7) is 9.56. The Hall–Kier alpha value is -1.06. The Morgan fingerprint density at radius 2 is 1.76 bits per heavy atom. The highest BCUT2D eigenvalue weighted by Crippen LogP contribution is 2.34. The van der Waals surface area contributed by atoms with E-state index in [1.54, 1.807) is 0 Å². The molecule has 1 unspecified atom stereocenters.